The minimum absolute atomic E-state index is 0.117. The van der Waals surface area contributed by atoms with Gasteiger partial charge in [0, 0.05) is 21.7 Å². The van der Waals surface area contributed by atoms with Crippen molar-refractivity contribution >= 4 is 35.7 Å². The normalized spacial score (nSPS) is 13.0. The Bertz CT molecular complexity index is 792. The molecule has 0 aliphatic carbocycles. The first-order valence-electron chi connectivity index (χ1n) is 8.15. The van der Waals surface area contributed by atoms with Crippen molar-refractivity contribution in [1.82, 2.24) is 4.98 Å². The van der Waals surface area contributed by atoms with Crippen LogP contribution in [0.3, 0.4) is 0 Å². The summed E-state index contributed by atoms with van der Waals surface area (Å²) in [7, 11) is 0. The van der Waals surface area contributed by atoms with Crippen molar-refractivity contribution in [2.24, 2.45) is 0 Å². The molecule has 0 aliphatic heterocycles. The highest BCUT2D eigenvalue weighted by Crippen LogP contribution is 2.40. The first-order valence-corrected chi connectivity index (χ1v) is 9.38. The second-order valence-electron chi connectivity index (χ2n) is 8.30. The largest absolute Gasteiger partial charge is 0.507 e. The zero-order valence-corrected chi connectivity index (χ0v) is 17.2. The number of benzene rings is 1. The minimum Gasteiger partial charge on any atom is -0.507 e. The number of aromatic nitrogens is 1. The van der Waals surface area contributed by atoms with E-state index < -0.39 is 0 Å². The number of phenolic OH excluding ortho intramolecular Hbond substituents is 1. The van der Waals surface area contributed by atoms with Gasteiger partial charge in [-0.05, 0) is 53.7 Å². The third kappa shape index (κ3) is 4.17. The zero-order chi connectivity index (χ0) is 18.3. The lowest BCUT2D eigenvalue weighted by atomic mass is 9.78. The van der Waals surface area contributed by atoms with Gasteiger partial charge in [-0.25, -0.2) is 0 Å². The lowest BCUT2D eigenvalue weighted by molar-refractivity contribution is 0.423. The average Bonchev–Trinajstić information content (AvgIpc) is 2.73. The number of hydrogen-bond acceptors (Lipinski definition) is 3. The summed E-state index contributed by atoms with van der Waals surface area (Å²) >= 11 is 6.78. The average molecular weight is 362 g/mol. The molecule has 1 aromatic heterocycles. The Kier molecular flexibility index (Phi) is 5.12. The Morgan fingerprint density at radius 1 is 1.00 bits per heavy atom. The topological polar surface area (TPSA) is 36.0 Å². The van der Waals surface area contributed by atoms with Gasteiger partial charge in [-0.2, -0.15) is 0 Å². The smallest absolute Gasteiger partial charge is 0.159 e. The molecule has 2 rings (SSSR count). The molecule has 2 nitrogen and oxygen atoms in total. The van der Waals surface area contributed by atoms with Gasteiger partial charge < -0.3 is 10.1 Å². The first-order chi connectivity index (χ1) is 10.9. The molecule has 1 aromatic carbocycles. The molecule has 1 heterocycles. The summed E-state index contributed by atoms with van der Waals surface area (Å²) in [4.78, 5) is 4.31. The van der Waals surface area contributed by atoms with Gasteiger partial charge in [0.25, 0.3) is 0 Å². The highest BCUT2D eigenvalue weighted by atomic mass is 32.1. The number of aryl methyl sites for hydroxylation is 1. The van der Waals surface area contributed by atoms with Crippen LogP contribution in [0, 0.1) is 10.9 Å². The van der Waals surface area contributed by atoms with Crippen LogP contribution >= 0.6 is 23.6 Å². The highest BCUT2D eigenvalue weighted by molar-refractivity contribution is 7.73. The Morgan fingerprint density at radius 3 is 1.88 bits per heavy atom. The second-order valence-corrected chi connectivity index (χ2v) is 10.0. The van der Waals surface area contributed by atoms with Crippen molar-refractivity contribution in [1.29, 1.82) is 0 Å². The molecular formula is C20H27NOS2. The third-order valence-corrected chi connectivity index (χ3v) is 5.34. The lowest BCUT2D eigenvalue weighted by Crippen LogP contribution is -2.17. The molecule has 2 N–H and O–H groups in total. The molecule has 2 aromatic rings. The third-order valence-electron chi connectivity index (χ3n) is 4.04. The fourth-order valence-electron chi connectivity index (χ4n) is 2.64. The van der Waals surface area contributed by atoms with Crippen LogP contribution < -0.4 is 0 Å². The van der Waals surface area contributed by atoms with Crippen LogP contribution in [0.5, 0.6) is 5.75 Å². The van der Waals surface area contributed by atoms with E-state index in [9.17, 15) is 5.11 Å². The van der Waals surface area contributed by atoms with Crippen molar-refractivity contribution < 1.29 is 5.11 Å². The van der Waals surface area contributed by atoms with E-state index in [2.05, 4.69) is 70.8 Å². The van der Waals surface area contributed by atoms with Gasteiger partial charge in [0.15, 0.2) is 3.95 Å². The number of H-pyrrole nitrogens is 1. The van der Waals surface area contributed by atoms with Gasteiger partial charge in [0.1, 0.15) is 5.75 Å². The van der Waals surface area contributed by atoms with Crippen LogP contribution in [0.1, 0.15) is 68.8 Å². The van der Waals surface area contributed by atoms with E-state index in [4.69, 9.17) is 12.2 Å². The summed E-state index contributed by atoms with van der Waals surface area (Å²) in [6.45, 7) is 14.8. The molecule has 0 saturated carbocycles. The van der Waals surface area contributed by atoms with Crippen molar-refractivity contribution in [2.75, 3.05) is 0 Å². The Morgan fingerprint density at radius 2 is 1.50 bits per heavy atom. The maximum Gasteiger partial charge on any atom is 0.159 e. The molecule has 0 bridgehead atoms. The van der Waals surface area contributed by atoms with E-state index >= 15 is 0 Å². The van der Waals surface area contributed by atoms with E-state index in [0.717, 1.165) is 31.2 Å². The highest BCUT2D eigenvalue weighted by Gasteiger charge is 2.26. The number of aromatic amines is 1. The van der Waals surface area contributed by atoms with Crippen molar-refractivity contribution in [2.45, 2.75) is 59.3 Å². The molecule has 24 heavy (non-hydrogen) atoms. The maximum absolute atomic E-state index is 10.8. The number of thiazole rings is 1. The number of hydrogen-bond donors (Lipinski definition) is 2. The molecule has 0 unspecified atom stereocenters. The summed E-state index contributed by atoms with van der Waals surface area (Å²) in [6.07, 6.45) is 4.20. The quantitative estimate of drug-likeness (QED) is 0.592. The van der Waals surface area contributed by atoms with E-state index in [0.29, 0.717) is 5.75 Å². The van der Waals surface area contributed by atoms with Crippen molar-refractivity contribution in [3.05, 3.63) is 43.3 Å². The van der Waals surface area contributed by atoms with Gasteiger partial charge >= 0.3 is 0 Å². The number of aromatic hydroxyl groups is 1. The summed E-state index contributed by atoms with van der Waals surface area (Å²) in [5, 5.41) is 10.8. The van der Waals surface area contributed by atoms with Gasteiger partial charge in [0.2, 0.25) is 0 Å². The number of nitrogens with one attached hydrogen (secondary N) is 1. The Labute approximate surface area is 154 Å². The Hall–Kier alpha value is -1.39. The molecule has 0 amide bonds. The molecule has 0 spiro atoms. The molecule has 0 atom stereocenters. The molecule has 0 aliphatic rings. The summed E-state index contributed by atoms with van der Waals surface area (Å²) in [6, 6.07) is 4.17. The molecular weight excluding hydrogens is 334 g/mol. The lowest BCUT2D eigenvalue weighted by Gasteiger charge is -2.27. The number of rotatable bonds is 2. The maximum atomic E-state index is 10.8. The molecule has 0 radical (unpaired) electrons. The SMILES string of the molecule is Cc1[nH]c(=S)sc1/C=C/c1cc(C(C)(C)C)c(O)c(C(C)(C)C)c1. The monoisotopic (exact) mass is 361 g/mol. The van der Waals surface area contributed by atoms with E-state index in [1.54, 1.807) is 11.3 Å². The summed E-state index contributed by atoms with van der Waals surface area (Å²) < 4.78 is 0.795. The molecule has 0 fully saturated rings. The minimum atomic E-state index is -0.117. The second kappa shape index (κ2) is 6.49. The van der Waals surface area contributed by atoms with Gasteiger partial charge in [-0.3, -0.25) is 0 Å². The van der Waals surface area contributed by atoms with Crippen molar-refractivity contribution in [3.63, 3.8) is 0 Å². The first kappa shape index (κ1) is 18.9. The van der Waals surface area contributed by atoms with E-state index in [1.165, 1.54) is 0 Å². The van der Waals surface area contributed by atoms with E-state index in [-0.39, 0.29) is 10.8 Å². The van der Waals surface area contributed by atoms with Crippen LogP contribution in [-0.4, -0.2) is 10.1 Å². The van der Waals surface area contributed by atoms with Crippen LogP contribution in [0.25, 0.3) is 12.2 Å². The Balaban J connectivity index is 2.58. The number of phenols is 1. The summed E-state index contributed by atoms with van der Waals surface area (Å²) in [5.41, 5.74) is 3.91. The molecule has 4 heteroatoms. The molecule has 0 saturated heterocycles. The van der Waals surface area contributed by atoms with Crippen LogP contribution in [0.2, 0.25) is 0 Å². The van der Waals surface area contributed by atoms with Crippen LogP contribution in [-0.2, 0) is 10.8 Å². The summed E-state index contributed by atoms with van der Waals surface area (Å²) in [5.74, 6) is 0.417. The van der Waals surface area contributed by atoms with Crippen LogP contribution in [0.4, 0.5) is 0 Å². The van der Waals surface area contributed by atoms with E-state index in [1.807, 2.05) is 6.92 Å². The standard InChI is InChI=1S/C20H27NOS2/c1-12-16(24-18(23)21-12)9-8-13-10-14(19(2,3)4)17(22)15(11-13)20(5,6)7/h8-11,22H,1-7H3,(H,21,23)/b9-8+. The predicted octanol–water partition coefficient (Wildman–Crippen LogP) is 6.59. The van der Waals surface area contributed by atoms with Crippen molar-refractivity contribution in [3.8, 4) is 5.75 Å². The molecule has 130 valence electrons. The van der Waals surface area contributed by atoms with Gasteiger partial charge in [-0.15, -0.1) is 11.3 Å². The van der Waals surface area contributed by atoms with Gasteiger partial charge in [-0.1, -0.05) is 47.6 Å². The van der Waals surface area contributed by atoms with Gasteiger partial charge in [0.05, 0.1) is 0 Å². The zero-order valence-electron chi connectivity index (χ0n) is 15.6. The predicted molar refractivity (Wildman–Crippen MR) is 109 cm³/mol. The fraction of sp³-hybridized carbons (Fsp3) is 0.450. The van der Waals surface area contributed by atoms with Crippen LogP contribution in [0.15, 0.2) is 12.1 Å². The fourth-order valence-corrected chi connectivity index (χ4v) is 3.81.